The number of carbonyl (C=O) groups is 1. The van der Waals surface area contributed by atoms with Crippen molar-refractivity contribution in [2.24, 2.45) is 0 Å². The summed E-state index contributed by atoms with van der Waals surface area (Å²) in [5.41, 5.74) is 4.05. The van der Waals surface area contributed by atoms with Crippen molar-refractivity contribution in [3.63, 3.8) is 0 Å². The second kappa shape index (κ2) is 10.6. The molecule has 0 bridgehead atoms. The minimum absolute atomic E-state index is 0.00107. The van der Waals surface area contributed by atoms with Gasteiger partial charge >= 0.3 is 0 Å². The molecule has 30 heavy (non-hydrogen) atoms. The van der Waals surface area contributed by atoms with Crippen molar-refractivity contribution in [2.75, 3.05) is 6.61 Å². The molecule has 0 radical (unpaired) electrons. The minimum atomic E-state index is -0.170. The van der Waals surface area contributed by atoms with Gasteiger partial charge in [0.2, 0.25) is 5.91 Å². The molecular weight excluding hydrogens is 462 g/mol. The Morgan fingerprint density at radius 2 is 1.60 bits per heavy atom. The number of hydrogen-bond donors (Lipinski definition) is 1. The molecule has 0 aliphatic heterocycles. The highest BCUT2D eigenvalue weighted by molar-refractivity contribution is 9.10. The summed E-state index contributed by atoms with van der Waals surface area (Å²) < 4.78 is 6.75. The highest BCUT2D eigenvalue weighted by Gasteiger charge is 2.16. The SMILES string of the molecule is Cc1cc(OCCCC(=O)NC(c2ccccc2)c2ccccc2)c(Br)c(C)c1Cl. The first kappa shape index (κ1) is 22.4. The Balaban J connectivity index is 1.58. The molecule has 0 atom stereocenters. The molecule has 0 fully saturated rings. The van der Waals surface area contributed by atoms with Crippen molar-refractivity contribution in [3.05, 3.63) is 98.5 Å². The van der Waals surface area contributed by atoms with Crippen molar-refractivity contribution < 1.29 is 9.53 Å². The van der Waals surface area contributed by atoms with Gasteiger partial charge in [-0.1, -0.05) is 72.3 Å². The maximum atomic E-state index is 12.6. The topological polar surface area (TPSA) is 38.3 Å². The Kier molecular flexibility index (Phi) is 7.94. The van der Waals surface area contributed by atoms with E-state index in [1.165, 1.54) is 0 Å². The lowest BCUT2D eigenvalue weighted by atomic mass is 9.98. The van der Waals surface area contributed by atoms with Gasteiger partial charge in [0.25, 0.3) is 0 Å². The van der Waals surface area contributed by atoms with E-state index in [0.717, 1.165) is 37.5 Å². The van der Waals surface area contributed by atoms with E-state index in [1.54, 1.807) is 0 Å². The molecule has 0 saturated heterocycles. The summed E-state index contributed by atoms with van der Waals surface area (Å²) in [4.78, 5) is 12.6. The summed E-state index contributed by atoms with van der Waals surface area (Å²) in [6.45, 7) is 4.36. The minimum Gasteiger partial charge on any atom is -0.492 e. The fraction of sp³-hybridized carbons (Fsp3) is 0.240. The van der Waals surface area contributed by atoms with Gasteiger partial charge in [0, 0.05) is 11.4 Å². The molecule has 5 heteroatoms. The number of rotatable bonds is 8. The highest BCUT2D eigenvalue weighted by atomic mass is 79.9. The van der Waals surface area contributed by atoms with Crippen LogP contribution in [0.5, 0.6) is 5.75 Å². The fourth-order valence-electron chi connectivity index (χ4n) is 3.30. The van der Waals surface area contributed by atoms with Crippen molar-refractivity contribution in [2.45, 2.75) is 32.7 Å². The lowest BCUT2D eigenvalue weighted by Gasteiger charge is -2.20. The standard InChI is InChI=1S/C25H25BrClNO2/c1-17-16-21(23(26)18(2)24(17)27)30-15-9-14-22(29)28-25(19-10-5-3-6-11-19)20-12-7-4-8-13-20/h3-8,10-13,16,25H,9,14-15H2,1-2H3,(H,28,29). The lowest BCUT2D eigenvalue weighted by Crippen LogP contribution is -2.29. The first-order valence-corrected chi connectivity index (χ1v) is 11.1. The van der Waals surface area contributed by atoms with E-state index >= 15 is 0 Å². The fourth-order valence-corrected chi connectivity index (χ4v) is 3.99. The van der Waals surface area contributed by atoms with Gasteiger partial charge < -0.3 is 10.1 Å². The van der Waals surface area contributed by atoms with Crippen LogP contribution in [-0.4, -0.2) is 12.5 Å². The molecule has 1 N–H and O–H groups in total. The molecule has 3 aromatic rings. The molecule has 1 amide bonds. The molecule has 0 aromatic heterocycles. The van der Waals surface area contributed by atoms with Crippen LogP contribution in [0.1, 0.15) is 41.1 Å². The van der Waals surface area contributed by atoms with E-state index in [4.69, 9.17) is 16.3 Å². The van der Waals surface area contributed by atoms with Gasteiger partial charge in [-0.05, 0) is 64.5 Å². The second-order valence-electron chi connectivity index (χ2n) is 7.22. The maximum absolute atomic E-state index is 12.6. The predicted octanol–water partition coefficient (Wildman–Crippen LogP) is 6.78. The number of benzene rings is 3. The van der Waals surface area contributed by atoms with E-state index in [-0.39, 0.29) is 11.9 Å². The molecule has 0 saturated carbocycles. The molecule has 156 valence electrons. The van der Waals surface area contributed by atoms with Gasteiger partial charge in [-0.25, -0.2) is 0 Å². The van der Waals surface area contributed by atoms with Crippen LogP contribution in [0, 0.1) is 13.8 Å². The molecule has 0 aliphatic carbocycles. The zero-order valence-electron chi connectivity index (χ0n) is 17.1. The summed E-state index contributed by atoms with van der Waals surface area (Å²) in [5.74, 6) is 0.750. The zero-order valence-corrected chi connectivity index (χ0v) is 19.5. The van der Waals surface area contributed by atoms with Crippen LogP contribution in [0.25, 0.3) is 0 Å². The largest absolute Gasteiger partial charge is 0.492 e. The van der Waals surface area contributed by atoms with Crippen LogP contribution in [0.3, 0.4) is 0 Å². The van der Waals surface area contributed by atoms with Crippen LogP contribution in [0.2, 0.25) is 5.02 Å². The Bertz CT molecular complexity index is 954. The number of carbonyl (C=O) groups excluding carboxylic acids is 1. The molecule has 3 aromatic carbocycles. The normalized spacial score (nSPS) is 10.8. The summed E-state index contributed by atoms with van der Waals surface area (Å²) in [7, 11) is 0. The molecule has 0 heterocycles. The average molecular weight is 487 g/mol. The van der Waals surface area contributed by atoms with Crippen molar-refractivity contribution in [1.29, 1.82) is 0 Å². The van der Waals surface area contributed by atoms with E-state index in [9.17, 15) is 4.79 Å². The smallest absolute Gasteiger partial charge is 0.220 e. The molecular formula is C25H25BrClNO2. The molecule has 0 aliphatic rings. The third-order valence-electron chi connectivity index (χ3n) is 4.95. The van der Waals surface area contributed by atoms with E-state index in [1.807, 2.05) is 80.6 Å². The first-order valence-electron chi connectivity index (χ1n) is 9.94. The van der Waals surface area contributed by atoms with Gasteiger partial charge in [-0.15, -0.1) is 0 Å². The summed E-state index contributed by atoms with van der Waals surface area (Å²) in [6.07, 6.45) is 1.01. The summed E-state index contributed by atoms with van der Waals surface area (Å²) in [5, 5.41) is 3.90. The highest BCUT2D eigenvalue weighted by Crippen LogP contribution is 2.35. The molecule has 3 rings (SSSR count). The Labute approximate surface area is 191 Å². The maximum Gasteiger partial charge on any atom is 0.220 e. The second-order valence-corrected chi connectivity index (χ2v) is 8.39. The van der Waals surface area contributed by atoms with E-state index in [2.05, 4.69) is 21.2 Å². The van der Waals surface area contributed by atoms with Gasteiger partial charge in [0.05, 0.1) is 17.1 Å². The first-order chi connectivity index (χ1) is 14.5. The third-order valence-corrected chi connectivity index (χ3v) is 6.51. The molecule has 3 nitrogen and oxygen atoms in total. The number of halogens is 2. The summed E-state index contributed by atoms with van der Waals surface area (Å²) in [6, 6.07) is 21.8. The van der Waals surface area contributed by atoms with Crippen LogP contribution < -0.4 is 10.1 Å². The Morgan fingerprint density at radius 3 is 2.17 bits per heavy atom. The third kappa shape index (κ3) is 5.65. The molecule has 0 unspecified atom stereocenters. The lowest BCUT2D eigenvalue weighted by molar-refractivity contribution is -0.121. The number of nitrogens with one attached hydrogen (secondary N) is 1. The van der Waals surface area contributed by atoms with Crippen molar-refractivity contribution in [3.8, 4) is 5.75 Å². The number of aryl methyl sites for hydroxylation is 1. The van der Waals surface area contributed by atoms with Crippen molar-refractivity contribution >= 4 is 33.4 Å². The number of hydrogen-bond acceptors (Lipinski definition) is 2. The average Bonchev–Trinajstić information content (AvgIpc) is 2.78. The van der Waals surface area contributed by atoms with Gasteiger partial charge in [0.15, 0.2) is 0 Å². The van der Waals surface area contributed by atoms with Crippen LogP contribution in [0.4, 0.5) is 0 Å². The predicted molar refractivity (Wildman–Crippen MR) is 126 cm³/mol. The number of amides is 1. The van der Waals surface area contributed by atoms with Crippen LogP contribution in [-0.2, 0) is 4.79 Å². The van der Waals surface area contributed by atoms with Crippen LogP contribution in [0.15, 0.2) is 71.2 Å². The quantitative estimate of drug-likeness (QED) is 0.356. The Morgan fingerprint density at radius 1 is 1.03 bits per heavy atom. The van der Waals surface area contributed by atoms with E-state index in [0.29, 0.717) is 19.4 Å². The van der Waals surface area contributed by atoms with Gasteiger partial charge in [-0.3, -0.25) is 4.79 Å². The summed E-state index contributed by atoms with van der Waals surface area (Å²) >= 11 is 9.81. The zero-order chi connectivity index (χ0) is 21.5. The van der Waals surface area contributed by atoms with E-state index < -0.39 is 0 Å². The van der Waals surface area contributed by atoms with Crippen LogP contribution >= 0.6 is 27.5 Å². The van der Waals surface area contributed by atoms with Gasteiger partial charge in [-0.2, -0.15) is 0 Å². The van der Waals surface area contributed by atoms with Gasteiger partial charge in [0.1, 0.15) is 5.75 Å². The Hall–Kier alpha value is -2.30. The van der Waals surface area contributed by atoms with Crippen molar-refractivity contribution in [1.82, 2.24) is 5.32 Å². The number of ether oxygens (including phenoxy) is 1. The molecule has 0 spiro atoms. The monoisotopic (exact) mass is 485 g/mol.